The van der Waals surface area contributed by atoms with E-state index in [2.05, 4.69) is 29.8 Å². The molecule has 0 saturated carbocycles. The maximum atomic E-state index is 12.1. The molecule has 0 spiro atoms. The van der Waals surface area contributed by atoms with E-state index in [0.717, 1.165) is 23.0 Å². The van der Waals surface area contributed by atoms with Crippen molar-refractivity contribution in [2.24, 2.45) is 11.8 Å². The molecule has 1 aromatic carbocycles. The Labute approximate surface area is 134 Å². The van der Waals surface area contributed by atoms with Gasteiger partial charge in [0.2, 0.25) is 5.91 Å². The summed E-state index contributed by atoms with van der Waals surface area (Å²) in [7, 11) is 0. The Balaban J connectivity index is 1.78. The van der Waals surface area contributed by atoms with Gasteiger partial charge in [0.1, 0.15) is 0 Å². The van der Waals surface area contributed by atoms with Crippen molar-refractivity contribution < 1.29 is 9.59 Å². The van der Waals surface area contributed by atoms with E-state index >= 15 is 0 Å². The van der Waals surface area contributed by atoms with Crippen molar-refractivity contribution >= 4 is 27.6 Å². The maximum absolute atomic E-state index is 12.1. The normalized spacial score (nSPS) is 18.6. The zero-order valence-corrected chi connectivity index (χ0v) is 14.2. The van der Waals surface area contributed by atoms with Gasteiger partial charge in [-0.3, -0.25) is 9.59 Å². The van der Waals surface area contributed by atoms with Gasteiger partial charge in [-0.25, -0.2) is 0 Å². The molecule has 0 radical (unpaired) electrons. The standard InChI is InChI=1S/C17H22BrNO2/c1-12(2)14-10-17(21)19(11-14)9-3-4-16(20)13-5-7-15(18)8-6-13/h5-8,12,14H,3-4,9-11H2,1-2H3. The molecular weight excluding hydrogens is 330 g/mol. The topological polar surface area (TPSA) is 37.4 Å². The first-order valence-electron chi connectivity index (χ1n) is 7.54. The van der Waals surface area contributed by atoms with Crippen LogP contribution in [0.1, 0.15) is 43.5 Å². The van der Waals surface area contributed by atoms with E-state index in [1.165, 1.54) is 0 Å². The molecule has 1 aliphatic rings. The number of hydrogen-bond acceptors (Lipinski definition) is 2. The average Bonchev–Trinajstić information content (AvgIpc) is 2.81. The first-order valence-corrected chi connectivity index (χ1v) is 8.33. The first kappa shape index (κ1) is 16.2. The SMILES string of the molecule is CC(C)C1CC(=O)N(CCCC(=O)c2ccc(Br)cc2)C1. The Bertz CT molecular complexity index is 510. The molecule has 21 heavy (non-hydrogen) atoms. The van der Waals surface area contributed by atoms with Gasteiger partial charge in [-0.2, -0.15) is 0 Å². The lowest BCUT2D eigenvalue weighted by molar-refractivity contribution is -0.127. The molecule has 3 nitrogen and oxygen atoms in total. The predicted octanol–water partition coefficient (Wildman–Crippen LogP) is 3.92. The highest BCUT2D eigenvalue weighted by Crippen LogP contribution is 2.25. The zero-order valence-electron chi connectivity index (χ0n) is 12.6. The number of Topliss-reactive ketones (excluding diaryl/α,β-unsaturated/α-hetero) is 1. The first-order chi connectivity index (χ1) is 9.97. The van der Waals surface area contributed by atoms with Gasteiger partial charge < -0.3 is 4.90 Å². The van der Waals surface area contributed by atoms with E-state index in [1.807, 2.05) is 29.2 Å². The number of amides is 1. The third-order valence-electron chi connectivity index (χ3n) is 4.19. The van der Waals surface area contributed by atoms with Crippen LogP contribution in [0.2, 0.25) is 0 Å². The Morgan fingerprint density at radius 3 is 2.57 bits per heavy atom. The minimum absolute atomic E-state index is 0.148. The molecule has 1 unspecified atom stereocenters. The summed E-state index contributed by atoms with van der Waals surface area (Å²) >= 11 is 3.36. The third-order valence-corrected chi connectivity index (χ3v) is 4.71. The molecule has 1 heterocycles. The van der Waals surface area contributed by atoms with Crippen LogP contribution in [-0.2, 0) is 4.79 Å². The lowest BCUT2D eigenvalue weighted by Gasteiger charge is -2.17. The molecule has 0 aromatic heterocycles. The minimum atomic E-state index is 0.148. The van der Waals surface area contributed by atoms with Gasteiger partial charge in [-0.05, 0) is 30.4 Å². The number of nitrogens with zero attached hydrogens (tertiary/aromatic N) is 1. The molecule has 1 fully saturated rings. The Hall–Kier alpha value is -1.16. The summed E-state index contributed by atoms with van der Waals surface area (Å²) in [6.45, 7) is 5.88. The van der Waals surface area contributed by atoms with E-state index < -0.39 is 0 Å². The van der Waals surface area contributed by atoms with Gasteiger partial charge >= 0.3 is 0 Å². The largest absolute Gasteiger partial charge is 0.342 e. The van der Waals surface area contributed by atoms with Crippen LogP contribution in [0.3, 0.4) is 0 Å². The number of rotatable bonds is 6. The number of ketones is 1. The number of carbonyl (C=O) groups excluding carboxylic acids is 2. The predicted molar refractivity (Wildman–Crippen MR) is 87.2 cm³/mol. The highest BCUT2D eigenvalue weighted by atomic mass is 79.9. The Morgan fingerprint density at radius 2 is 2.00 bits per heavy atom. The van der Waals surface area contributed by atoms with Gasteiger partial charge in [-0.15, -0.1) is 0 Å². The van der Waals surface area contributed by atoms with Crippen LogP contribution < -0.4 is 0 Å². The molecule has 1 atom stereocenters. The lowest BCUT2D eigenvalue weighted by atomic mass is 9.95. The molecule has 4 heteroatoms. The van der Waals surface area contributed by atoms with Crippen molar-refractivity contribution in [3.8, 4) is 0 Å². The van der Waals surface area contributed by atoms with Crippen LogP contribution in [0, 0.1) is 11.8 Å². The summed E-state index contributed by atoms with van der Waals surface area (Å²) in [4.78, 5) is 25.9. The van der Waals surface area contributed by atoms with Crippen LogP contribution in [0.25, 0.3) is 0 Å². The van der Waals surface area contributed by atoms with Gasteiger partial charge in [-0.1, -0.05) is 41.9 Å². The van der Waals surface area contributed by atoms with Gasteiger partial charge in [0, 0.05) is 36.0 Å². The van der Waals surface area contributed by atoms with Crippen LogP contribution in [0.15, 0.2) is 28.7 Å². The van der Waals surface area contributed by atoms with E-state index in [-0.39, 0.29) is 11.7 Å². The monoisotopic (exact) mass is 351 g/mol. The molecule has 1 aliphatic heterocycles. The molecule has 1 amide bonds. The highest BCUT2D eigenvalue weighted by Gasteiger charge is 2.30. The lowest BCUT2D eigenvalue weighted by Crippen LogP contribution is -2.27. The van der Waals surface area contributed by atoms with Crippen molar-refractivity contribution in [1.29, 1.82) is 0 Å². The number of likely N-dealkylation sites (tertiary alicyclic amines) is 1. The van der Waals surface area contributed by atoms with Crippen LogP contribution >= 0.6 is 15.9 Å². The summed E-state index contributed by atoms with van der Waals surface area (Å²) in [6.07, 6.45) is 1.90. The van der Waals surface area contributed by atoms with Crippen LogP contribution in [0.5, 0.6) is 0 Å². The molecular formula is C17H22BrNO2. The second-order valence-electron chi connectivity index (χ2n) is 6.08. The van der Waals surface area contributed by atoms with E-state index in [0.29, 0.717) is 31.2 Å². The van der Waals surface area contributed by atoms with Crippen LogP contribution in [-0.4, -0.2) is 29.7 Å². The fraction of sp³-hybridized carbons (Fsp3) is 0.529. The quantitative estimate of drug-likeness (QED) is 0.728. The van der Waals surface area contributed by atoms with Crippen LogP contribution in [0.4, 0.5) is 0 Å². The fourth-order valence-electron chi connectivity index (χ4n) is 2.68. The van der Waals surface area contributed by atoms with Gasteiger partial charge in [0.15, 0.2) is 5.78 Å². The van der Waals surface area contributed by atoms with Crippen molar-refractivity contribution in [3.63, 3.8) is 0 Å². The summed E-state index contributed by atoms with van der Waals surface area (Å²) < 4.78 is 0.974. The Morgan fingerprint density at radius 1 is 1.33 bits per heavy atom. The number of carbonyl (C=O) groups is 2. The molecule has 1 aromatic rings. The summed E-state index contributed by atoms with van der Waals surface area (Å²) in [6, 6.07) is 7.43. The molecule has 114 valence electrons. The Kier molecular flexibility index (Phi) is 5.57. The molecule has 0 bridgehead atoms. The number of halogens is 1. The van der Waals surface area contributed by atoms with Crippen molar-refractivity contribution in [2.75, 3.05) is 13.1 Å². The number of hydrogen-bond donors (Lipinski definition) is 0. The third kappa shape index (κ3) is 4.40. The van der Waals surface area contributed by atoms with Crippen molar-refractivity contribution in [2.45, 2.75) is 33.1 Å². The van der Waals surface area contributed by atoms with E-state index in [4.69, 9.17) is 0 Å². The second-order valence-corrected chi connectivity index (χ2v) is 7.00. The smallest absolute Gasteiger partial charge is 0.222 e. The maximum Gasteiger partial charge on any atom is 0.222 e. The summed E-state index contributed by atoms with van der Waals surface area (Å²) in [5.41, 5.74) is 0.742. The second kappa shape index (κ2) is 7.21. The van der Waals surface area contributed by atoms with Gasteiger partial charge in [0.25, 0.3) is 0 Å². The summed E-state index contributed by atoms with van der Waals surface area (Å²) in [5.74, 6) is 1.40. The highest BCUT2D eigenvalue weighted by molar-refractivity contribution is 9.10. The summed E-state index contributed by atoms with van der Waals surface area (Å²) in [5, 5.41) is 0. The fourth-order valence-corrected chi connectivity index (χ4v) is 2.94. The minimum Gasteiger partial charge on any atom is -0.342 e. The molecule has 1 saturated heterocycles. The van der Waals surface area contributed by atoms with Gasteiger partial charge in [0.05, 0.1) is 0 Å². The average molecular weight is 352 g/mol. The number of benzene rings is 1. The zero-order chi connectivity index (χ0) is 15.4. The van der Waals surface area contributed by atoms with E-state index in [1.54, 1.807) is 0 Å². The van der Waals surface area contributed by atoms with Crippen molar-refractivity contribution in [1.82, 2.24) is 4.90 Å². The van der Waals surface area contributed by atoms with Crippen molar-refractivity contribution in [3.05, 3.63) is 34.3 Å². The molecule has 0 aliphatic carbocycles. The molecule has 0 N–H and O–H groups in total. The van der Waals surface area contributed by atoms with E-state index in [9.17, 15) is 9.59 Å². The molecule has 2 rings (SSSR count).